The van der Waals surface area contributed by atoms with Crippen molar-refractivity contribution >= 4 is 6.03 Å². The molecule has 1 fully saturated rings. The molecule has 4 heteroatoms. The van der Waals surface area contributed by atoms with Gasteiger partial charge in [0, 0.05) is 19.6 Å². The molecular weight excluding hydrogens is 156 g/mol. The van der Waals surface area contributed by atoms with E-state index in [2.05, 4.69) is 5.32 Å². The predicted molar refractivity (Wildman–Crippen MR) is 45.9 cm³/mol. The first-order valence-corrected chi connectivity index (χ1v) is 4.45. The molecule has 0 saturated carbocycles. The lowest BCUT2D eigenvalue weighted by molar-refractivity contribution is 0.145. The third-order valence-electron chi connectivity index (χ3n) is 2.15. The zero-order valence-corrected chi connectivity index (χ0v) is 7.42. The van der Waals surface area contributed by atoms with Crippen molar-refractivity contribution in [1.82, 2.24) is 10.2 Å². The molecule has 0 radical (unpaired) electrons. The van der Waals surface area contributed by atoms with E-state index in [-0.39, 0.29) is 12.1 Å². The second-order valence-corrected chi connectivity index (χ2v) is 3.07. The molecule has 1 rings (SSSR count). The summed E-state index contributed by atoms with van der Waals surface area (Å²) in [6.07, 6.45) is 1.18. The Labute approximate surface area is 72.6 Å². The minimum atomic E-state index is -0.265. The molecule has 0 spiro atoms. The summed E-state index contributed by atoms with van der Waals surface area (Å²) < 4.78 is 0. The zero-order valence-electron chi connectivity index (χ0n) is 7.42. The third kappa shape index (κ3) is 2.37. The predicted octanol–water partition coefficient (Wildman–Crippen LogP) is 0.173. The van der Waals surface area contributed by atoms with Crippen molar-refractivity contribution in [1.29, 1.82) is 0 Å². The van der Waals surface area contributed by atoms with Gasteiger partial charge in [0.05, 0.1) is 6.10 Å². The summed E-state index contributed by atoms with van der Waals surface area (Å²) in [4.78, 5) is 12.7. The van der Waals surface area contributed by atoms with Crippen LogP contribution in [0.1, 0.15) is 19.8 Å². The van der Waals surface area contributed by atoms with Crippen molar-refractivity contribution in [3.05, 3.63) is 0 Å². The summed E-state index contributed by atoms with van der Waals surface area (Å²) in [7, 11) is 0. The van der Waals surface area contributed by atoms with Gasteiger partial charge in [-0.05, 0) is 12.8 Å². The Hall–Kier alpha value is -0.770. The number of hydrogen-bond acceptors (Lipinski definition) is 2. The van der Waals surface area contributed by atoms with Gasteiger partial charge in [0.15, 0.2) is 0 Å². The van der Waals surface area contributed by atoms with Gasteiger partial charge in [-0.2, -0.15) is 0 Å². The van der Waals surface area contributed by atoms with E-state index in [9.17, 15) is 9.90 Å². The zero-order chi connectivity index (χ0) is 8.97. The molecule has 0 aromatic heterocycles. The minimum Gasteiger partial charge on any atom is -0.393 e. The second kappa shape index (κ2) is 4.30. The van der Waals surface area contributed by atoms with E-state index in [1.807, 2.05) is 6.92 Å². The average molecular weight is 172 g/mol. The summed E-state index contributed by atoms with van der Waals surface area (Å²) in [5, 5.41) is 12.0. The van der Waals surface area contributed by atoms with Crippen LogP contribution in [0.15, 0.2) is 0 Å². The number of urea groups is 1. The van der Waals surface area contributed by atoms with Crippen molar-refractivity contribution in [3.8, 4) is 0 Å². The van der Waals surface area contributed by atoms with E-state index in [0.29, 0.717) is 13.0 Å². The van der Waals surface area contributed by atoms with Crippen molar-refractivity contribution in [2.45, 2.75) is 25.9 Å². The number of amides is 2. The Bertz CT molecular complexity index is 161. The Kier molecular flexibility index (Phi) is 3.34. The fraction of sp³-hybridized carbons (Fsp3) is 0.875. The first-order chi connectivity index (χ1) is 5.74. The van der Waals surface area contributed by atoms with Crippen LogP contribution in [0.4, 0.5) is 4.79 Å². The first kappa shape index (κ1) is 9.32. The maximum absolute atomic E-state index is 11.0. The van der Waals surface area contributed by atoms with E-state index in [4.69, 9.17) is 0 Å². The highest BCUT2D eigenvalue weighted by atomic mass is 16.3. The van der Waals surface area contributed by atoms with Crippen LogP contribution in [-0.2, 0) is 0 Å². The van der Waals surface area contributed by atoms with E-state index >= 15 is 0 Å². The summed E-state index contributed by atoms with van der Waals surface area (Å²) in [6.45, 7) is 4.12. The number of aliphatic hydroxyl groups excluding tert-OH is 1. The SMILES string of the molecule is CCC(O)CCN1CCNC1=O. The molecule has 1 atom stereocenters. The second-order valence-electron chi connectivity index (χ2n) is 3.07. The number of nitrogens with one attached hydrogen (secondary N) is 1. The Balaban J connectivity index is 2.18. The van der Waals surface area contributed by atoms with Crippen molar-refractivity contribution in [2.24, 2.45) is 0 Å². The molecule has 1 heterocycles. The lowest BCUT2D eigenvalue weighted by atomic mass is 10.2. The largest absolute Gasteiger partial charge is 0.393 e. The number of rotatable bonds is 4. The van der Waals surface area contributed by atoms with Gasteiger partial charge in [-0.25, -0.2) is 4.79 Å². The quantitative estimate of drug-likeness (QED) is 0.635. The van der Waals surface area contributed by atoms with Crippen LogP contribution in [0.25, 0.3) is 0 Å². The molecule has 12 heavy (non-hydrogen) atoms. The molecule has 70 valence electrons. The number of aliphatic hydroxyl groups is 1. The first-order valence-electron chi connectivity index (χ1n) is 4.45. The molecule has 0 aliphatic carbocycles. The van der Waals surface area contributed by atoms with Gasteiger partial charge in [0.1, 0.15) is 0 Å². The van der Waals surface area contributed by atoms with Crippen molar-refractivity contribution in [2.75, 3.05) is 19.6 Å². The fourth-order valence-corrected chi connectivity index (χ4v) is 1.23. The summed E-state index contributed by atoms with van der Waals surface area (Å²) in [6, 6.07) is -0.00157. The summed E-state index contributed by atoms with van der Waals surface area (Å²) >= 11 is 0. The minimum absolute atomic E-state index is 0.00157. The molecule has 1 aliphatic heterocycles. The van der Waals surface area contributed by atoms with E-state index < -0.39 is 0 Å². The maximum atomic E-state index is 11.0. The molecule has 0 aromatic carbocycles. The van der Waals surface area contributed by atoms with Crippen LogP contribution >= 0.6 is 0 Å². The highest BCUT2D eigenvalue weighted by molar-refractivity contribution is 5.76. The van der Waals surface area contributed by atoms with E-state index in [1.54, 1.807) is 4.90 Å². The standard InChI is InChI=1S/C8H16N2O2/c1-2-7(11)3-5-10-6-4-9-8(10)12/h7,11H,2-6H2,1H3,(H,9,12). The summed E-state index contributed by atoms with van der Waals surface area (Å²) in [5.41, 5.74) is 0. The molecule has 2 N–H and O–H groups in total. The lowest BCUT2D eigenvalue weighted by Crippen LogP contribution is -2.30. The van der Waals surface area contributed by atoms with Gasteiger partial charge in [-0.1, -0.05) is 6.92 Å². The number of carbonyl (C=O) groups is 1. The van der Waals surface area contributed by atoms with Gasteiger partial charge in [-0.15, -0.1) is 0 Å². The molecule has 1 unspecified atom stereocenters. The molecule has 1 saturated heterocycles. The highest BCUT2D eigenvalue weighted by Crippen LogP contribution is 2.02. The molecule has 4 nitrogen and oxygen atoms in total. The molecular formula is C8H16N2O2. The molecule has 1 aliphatic rings. The van der Waals surface area contributed by atoms with Crippen LogP contribution in [0, 0.1) is 0 Å². The third-order valence-corrected chi connectivity index (χ3v) is 2.15. The topological polar surface area (TPSA) is 52.6 Å². The normalized spacial score (nSPS) is 19.5. The smallest absolute Gasteiger partial charge is 0.317 e. The van der Waals surface area contributed by atoms with Crippen LogP contribution in [0.2, 0.25) is 0 Å². The van der Waals surface area contributed by atoms with Gasteiger partial charge in [-0.3, -0.25) is 0 Å². The van der Waals surface area contributed by atoms with E-state index in [0.717, 1.165) is 19.5 Å². The number of nitrogens with zero attached hydrogens (tertiary/aromatic N) is 1. The van der Waals surface area contributed by atoms with Crippen LogP contribution in [-0.4, -0.2) is 41.8 Å². The lowest BCUT2D eigenvalue weighted by Gasteiger charge is -2.15. The number of hydrogen-bond donors (Lipinski definition) is 2. The van der Waals surface area contributed by atoms with Crippen molar-refractivity contribution in [3.63, 3.8) is 0 Å². The maximum Gasteiger partial charge on any atom is 0.317 e. The van der Waals surface area contributed by atoms with Crippen molar-refractivity contribution < 1.29 is 9.90 Å². The molecule has 2 amide bonds. The van der Waals surface area contributed by atoms with Crippen LogP contribution in [0.5, 0.6) is 0 Å². The Morgan fingerprint density at radius 1 is 1.75 bits per heavy atom. The van der Waals surface area contributed by atoms with E-state index in [1.165, 1.54) is 0 Å². The molecule has 0 bridgehead atoms. The van der Waals surface area contributed by atoms with Gasteiger partial charge in [0.2, 0.25) is 0 Å². The van der Waals surface area contributed by atoms with Gasteiger partial charge < -0.3 is 15.3 Å². The highest BCUT2D eigenvalue weighted by Gasteiger charge is 2.19. The van der Waals surface area contributed by atoms with Crippen LogP contribution < -0.4 is 5.32 Å². The summed E-state index contributed by atoms with van der Waals surface area (Å²) in [5.74, 6) is 0. The molecule has 0 aromatic rings. The monoisotopic (exact) mass is 172 g/mol. The Morgan fingerprint density at radius 3 is 3.00 bits per heavy atom. The fourth-order valence-electron chi connectivity index (χ4n) is 1.23. The van der Waals surface area contributed by atoms with Gasteiger partial charge >= 0.3 is 6.03 Å². The van der Waals surface area contributed by atoms with Crippen LogP contribution in [0.3, 0.4) is 0 Å². The average Bonchev–Trinajstić information content (AvgIpc) is 2.47. The van der Waals surface area contributed by atoms with Gasteiger partial charge in [0.25, 0.3) is 0 Å². The Morgan fingerprint density at radius 2 is 2.50 bits per heavy atom. The number of carbonyl (C=O) groups excluding carboxylic acids is 1.